The van der Waals surface area contributed by atoms with E-state index in [0.29, 0.717) is 12.3 Å². The van der Waals surface area contributed by atoms with Crippen molar-refractivity contribution in [2.75, 3.05) is 6.26 Å². The molecule has 0 bridgehead atoms. The molecule has 3 nitrogen and oxygen atoms in total. The first kappa shape index (κ1) is 24.3. The Hall–Kier alpha value is -1.39. The van der Waals surface area contributed by atoms with Crippen molar-refractivity contribution >= 4 is 9.84 Å². The van der Waals surface area contributed by atoms with Crippen molar-refractivity contribution in [3.63, 3.8) is 0 Å². The van der Waals surface area contributed by atoms with E-state index in [0.717, 1.165) is 25.7 Å². The highest BCUT2D eigenvalue weighted by Gasteiger charge is 2.45. The summed E-state index contributed by atoms with van der Waals surface area (Å²) >= 11 is 0. The molecule has 1 N–H and O–H groups in total. The molecule has 0 aliphatic heterocycles. The summed E-state index contributed by atoms with van der Waals surface area (Å²) in [5.41, 5.74) is 5.45. The quantitative estimate of drug-likeness (QED) is 0.522. The van der Waals surface area contributed by atoms with Crippen LogP contribution in [0.3, 0.4) is 0 Å². The van der Waals surface area contributed by atoms with Crippen molar-refractivity contribution in [2.24, 2.45) is 17.3 Å². The van der Waals surface area contributed by atoms with Gasteiger partial charge in [-0.05, 0) is 81.6 Å². The average Bonchev–Trinajstić information content (AvgIpc) is 3.03. The number of aliphatic hydroxyl groups is 1. The average molecular weight is 445 g/mol. The summed E-state index contributed by atoms with van der Waals surface area (Å²) in [5, 5.41) is 10.0. The molecule has 0 spiro atoms. The van der Waals surface area contributed by atoms with Gasteiger partial charge in [0.25, 0.3) is 0 Å². The van der Waals surface area contributed by atoms with Crippen molar-refractivity contribution in [1.29, 1.82) is 0 Å². The van der Waals surface area contributed by atoms with Gasteiger partial charge in [0, 0.05) is 6.26 Å². The van der Waals surface area contributed by atoms with Gasteiger partial charge in [0.2, 0.25) is 0 Å². The zero-order valence-corrected chi connectivity index (χ0v) is 20.8. The number of fused-ring (bicyclic) bond motifs is 1. The van der Waals surface area contributed by atoms with E-state index in [2.05, 4.69) is 44.7 Å². The summed E-state index contributed by atoms with van der Waals surface area (Å²) in [6, 6.07) is 0. The molecule has 4 atom stereocenters. The van der Waals surface area contributed by atoms with Gasteiger partial charge in [0.15, 0.2) is 9.84 Å². The maximum atomic E-state index is 12.1. The van der Waals surface area contributed by atoms with E-state index in [-0.39, 0.29) is 17.4 Å². The van der Waals surface area contributed by atoms with E-state index in [4.69, 9.17) is 0 Å². The van der Waals surface area contributed by atoms with Crippen LogP contribution in [0.4, 0.5) is 0 Å². The van der Waals surface area contributed by atoms with Gasteiger partial charge >= 0.3 is 0 Å². The van der Waals surface area contributed by atoms with E-state index in [9.17, 15) is 13.5 Å². The fraction of sp³-hybridized carbons (Fsp3) is 0.630. The van der Waals surface area contributed by atoms with Crippen molar-refractivity contribution in [1.82, 2.24) is 0 Å². The summed E-state index contributed by atoms with van der Waals surface area (Å²) in [5.74, 6) is 0.732. The monoisotopic (exact) mass is 444 g/mol. The number of allylic oxidation sites excluding steroid dienone is 7. The molecule has 3 aliphatic rings. The minimum atomic E-state index is -3.14. The van der Waals surface area contributed by atoms with Crippen LogP contribution >= 0.6 is 0 Å². The van der Waals surface area contributed by atoms with Gasteiger partial charge < -0.3 is 5.11 Å². The van der Waals surface area contributed by atoms with Crippen LogP contribution in [0.2, 0.25) is 0 Å². The topological polar surface area (TPSA) is 54.4 Å². The van der Waals surface area contributed by atoms with Crippen LogP contribution in [0.5, 0.6) is 0 Å². The number of hydrogen-bond donors (Lipinski definition) is 1. The van der Waals surface area contributed by atoms with Gasteiger partial charge in [-0.2, -0.15) is 0 Å². The Kier molecular flexibility index (Phi) is 6.93. The third-order valence-electron chi connectivity index (χ3n) is 8.03. The second-order valence-electron chi connectivity index (χ2n) is 10.7. The summed E-state index contributed by atoms with van der Waals surface area (Å²) in [4.78, 5) is 0. The molecule has 3 rings (SSSR count). The molecule has 2 fully saturated rings. The zero-order valence-electron chi connectivity index (χ0n) is 19.9. The molecule has 4 heteroatoms. The Labute approximate surface area is 189 Å². The lowest BCUT2D eigenvalue weighted by molar-refractivity contribution is 0.158. The van der Waals surface area contributed by atoms with Gasteiger partial charge in [-0.25, -0.2) is 8.42 Å². The molecular weight excluding hydrogens is 404 g/mol. The molecule has 0 unspecified atom stereocenters. The summed E-state index contributed by atoms with van der Waals surface area (Å²) in [6.45, 7) is 12.3. The van der Waals surface area contributed by atoms with Gasteiger partial charge in [0.05, 0.1) is 10.9 Å². The normalized spacial score (nSPS) is 33.7. The van der Waals surface area contributed by atoms with Crippen molar-refractivity contribution in [2.45, 2.75) is 83.5 Å². The van der Waals surface area contributed by atoms with Crippen molar-refractivity contribution in [3.8, 4) is 0 Å². The molecule has 31 heavy (non-hydrogen) atoms. The second kappa shape index (κ2) is 8.86. The highest BCUT2D eigenvalue weighted by molar-refractivity contribution is 7.92. The van der Waals surface area contributed by atoms with E-state index < -0.39 is 14.6 Å². The minimum absolute atomic E-state index is 0.130. The minimum Gasteiger partial charge on any atom is -0.393 e. The van der Waals surface area contributed by atoms with Crippen LogP contribution in [0, 0.1) is 17.3 Å². The summed E-state index contributed by atoms with van der Waals surface area (Å²) < 4.78 is 23.3. The summed E-state index contributed by atoms with van der Waals surface area (Å²) in [7, 11) is -3.14. The van der Waals surface area contributed by atoms with Crippen LogP contribution in [0.1, 0.15) is 72.6 Å². The maximum Gasteiger partial charge on any atom is 0.156 e. The molecule has 0 aromatic rings. The number of rotatable bonds is 5. The van der Waals surface area contributed by atoms with Crippen LogP contribution in [0.25, 0.3) is 0 Å². The summed E-state index contributed by atoms with van der Waals surface area (Å²) in [6.07, 6.45) is 18.9. The fourth-order valence-corrected chi connectivity index (χ4v) is 5.88. The molecule has 0 aromatic carbocycles. The first-order valence-corrected chi connectivity index (χ1v) is 13.6. The lowest BCUT2D eigenvalue weighted by Crippen LogP contribution is -2.32. The zero-order chi connectivity index (χ0) is 23.0. The molecule has 0 saturated heterocycles. The number of sulfone groups is 1. The standard InChI is InChI=1S/C27H40O3S/c1-19-9-12-23(28)18-22(19)11-10-21-8-7-16-27(5)24(13-14-25(21)27)20(2)15-17-26(3,4)31(6,29)30/h10-11,13,15,17,20,23,25,28H,1,7-9,12,14,16,18H2,2-6H3/b17-15+,21-10+,22-11-/t20-,23+,25+,27-/m1/s1. The van der Waals surface area contributed by atoms with Crippen LogP contribution in [0.15, 0.2) is 59.3 Å². The fourth-order valence-electron chi connectivity index (χ4n) is 5.56. The highest BCUT2D eigenvalue weighted by Crippen LogP contribution is 2.56. The first-order chi connectivity index (χ1) is 14.3. The predicted molar refractivity (Wildman–Crippen MR) is 131 cm³/mol. The Morgan fingerprint density at radius 3 is 2.68 bits per heavy atom. The smallest absolute Gasteiger partial charge is 0.156 e. The van der Waals surface area contributed by atoms with Crippen molar-refractivity contribution < 1.29 is 13.5 Å². The molecule has 3 aliphatic carbocycles. The van der Waals surface area contributed by atoms with Gasteiger partial charge in [-0.15, -0.1) is 0 Å². The first-order valence-electron chi connectivity index (χ1n) is 11.7. The third-order valence-corrected chi connectivity index (χ3v) is 10.1. The Balaban J connectivity index is 1.80. The lowest BCUT2D eigenvalue weighted by atomic mass is 9.62. The maximum absolute atomic E-state index is 12.1. The molecule has 2 saturated carbocycles. The Morgan fingerprint density at radius 2 is 2.00 bits per heavy atom. The van der Waals surface area contributed by atoms with E-state index >= 15 is 0 Å². The molecule has 0 radical (unpaired) electrons. The van der Waals surface area contributed by atoms with Crippen molar-refractivity contribution in [3.05, 3.63) is 59.3 Å². The van der Waals surface area contributed by atoms with Crippen LogP contribution in [-0.2, 0) is 9.84 Å². The van der Waals surface area contributed by atoms with E-state index in [1.807, 2.05) is 6.08 Å². The molecule has 0 amide bonds. The number of aliphatic hydroxyl groups excluding tert-OH is 1. The lowest BCUT2D eigenvalue weighted by Gasteiger charge is -2.42. The van der Waals surface area contributed by atoms with E-state index in [1.165, 1.54) is 41.4 Å². The van der Waals surface area contributed by atoms with Crippen LogP contribution < -0.4 is 0 Å². The molecular formula is C27H40O3S. The molecule has 0 heterocycles. The van der Waals surface area contributed by atoms with Gasteiger partial charge in [-0.1, -0.05) is 67.5 Å². The molecule has 172 valence electrons. The van der Waals surface area contributed by atoms with Gasteiger partial charge in [0.1, 0.15) is 0 Å². The third kappa shape index (κ3) is 5.01. The van der Waals surface area contributed by atoms with Crippen LogP contribution in [-0.4, -0.2) is 30.6 Å². The molecule has 0 aromatic heterocycles. The predicted octanol–water partition coefficient (Wildman–Crippen LogP) is 6.09. The van der Waals surface area contributed by atoms with Gasteiger partial charge in [-0.3, -0.25) is 0 Å². The SMILES string of the molecule is C=C1CC[C@H](O)C/C1=C/C=C1\CCC[C@]2(C)C([C@H](C)/C=C/C(C)(C)S(C)(=O)=O)=CC[C@@H]12. The van der Waals surface area contributed by atoms with E-state index in [1.54, 1.807) is 13.8 Å². The second-order valence-corrected chi connectivity index (χ2v) is 13.3. The largest absolute Gasteiger partial charge is 0.393 e. The highest BCUT2D eigenvalue weighted by atomic mass is 32.2. The Morgan fingerprint density at radius 1 is 1.29 bits per heavy atom. The number of hydrogen-bond acceptors (Lipinski definition) is 3. The Bertz CT molecular complexity index is 945.